The maximum atomic E-state index is 14.4. The average molecular weight is 884 g/mol. The largest absolute Gasteiger partial charge is 0.504 e. The molecule has 4 bridgehead atoms. The van der Waals surface area contributed by atoms with Crippen molar-refractivity contribution in [2.75, 3.05) is 45.6 Å². The first-order valence-corrected chi connectivity index (χ1v) is 20.7. The van der Waals surface area contributed by atoms with Crippen molar-refractivity contribution in [1.82, 2.24) is 30.8 Å². The third-order valence-corrected chi connectivity index (χ3v) is 10.6. The number of rotatable bonds is 14. The zero-order valence-electron chi connectivity index (χ0n) is 36.7. The number of ether oxygens (including phenoxy) is 2. The second kappa shape index (κ2) is 20.6. The van der Waals surface area contributed by atoms with E-state index in [0.29, 0.717) is 29.9 Å². The second-order valence-electron chi connectivity index (χ2n) is 16.6. The van der Waals surface area contributed by atoms with E-state index in [0.717, 1.165) is 10.5 Å². The number of hydrogen-bond acceptors (Lipinski definition) is 14. The molecule has 64 heavy (non-hydrogen) atoms. The van der Waals surface area contributed by atoms with Crippen LogP contribution in [0.25, 0.3) is 22.5 Å². The lowest BCUT2D eigenvalue weighted by atomic mass is 9.86. The lowest BCUT2D eigenvalue weighted by Crippen LogP contribution is -2.53. The molecule has 0 saturated heterocycles. The van der Waals surface area contributed by atoms with Crippen LogP contribution in [0, 0.1) is 6.92 Å². The van der Waals surface area contributed by atoms with Crippen LogP contribution < -0.4 is 42.6 Å². The van der Waals surface area contributed by atoms with Gasteiger partial charge in [0.05, 0.1) is 18.8 Å². The van der Waals surface area contributed by atoms with Crippen molar-refractivity contribution < 1.29 is 48.8 Å². The molecule has 0 aliphatic carbocycles. The van der Waals surface area contributed by atoms with Crippen molar-refractivity contribution in [3.05, 3.63) is 82.5 Å². The summed E-state index contributed by atoms with van der Waals surface area (Å²) in [4.78, 5) is 77.8. The summed E-state index contributed by atoms with van der Waals surface area (Å²) >= 11 is 0. The Morgan fingerprint density at radius 2 is 1.67 bits per heavy atom. The maximum Gasteiger partial charge on any atom is 0.326 e. The smallest absolute Gasteiger partial charge is 0.326 e. The molecule has 0 radical (unpaired) electrons. The molecule has 19 heteroatoms. The lowest BCUT2D eigenvalue weighted by molar-refractivity contribution is -0.142. The second-order valence-corrected chi connectivity index (χ2v) is 16.6. The van der Waals surface area contributed by atoms with Gasteiger partial charge in [0.25, 0.3) is 5.91 Å². The van der Waals surface area contributed by atoms with Crippen molar-refractivity contribution in [3.8, 4) is 39.8 Å². The van der Waals surface area contributed by atoms with Gasteiger partial charge >= 0.3 is 5.97 Å². The summed E-state index contributed by atoms with van der Waals surface area (Å²) in [7, 11) is 1.29. The number of aliphatic hydroxyl groups excluding tert-OH is 1. The molecule has 4 aromatic rings. The number of nitrogens with two attached hydrogens (primary N) is 3. The van der Waals surface area contributed by atoms with E-state index in [2.05, 4.69) is 46.7 Å². The highest BCUT2D eigenvalue weighted by Crippen LogP contribution is 2.44. The number of benzene rings is 3. The van der Waals surface area contributed by atoms with Crippen LogP contribution in [0.2, 0.25) is 0 Å². The monoisotopic (exact) mass is 883 g/mol. The summed E-state index contributed by atoms with van der Waals surface area (Å²) in [5.41, 5.74) is 20.3. The number of fused-ring (bicyclic) bond motifs is 5. The number of nitrogens with zero attached hydrogens (tertiary/aromatic N) is 3. The van der Waals surface area contributed by atoms with E-state index in [1.807, 2.05) is 24.3 Å². The van der Waals surface area contributed by atoms with Gasteiger partial charge in [-0.3, -0.25) is 19.2 Å². The van der Waals surface area contributed by atoms with Crippen molar-refractivity contribution in [2.45, 2.75) is 77.1 Å². The van der Waals surface area contributed by atoms with Crippen LogP contribution in [0.5, 0.6) is 17.2 Å². The van der Waals surface area contributed by atoms with Gasteiger partial charge in [0.2, 0.25) is 17.7 Å². The summed E-state index contributed by atoms with van der Waals surface area (Å²) in [5.74, 6) is -4.85. The van der Waals surface area contributed by atoms with E-state index < -0.39 is 66.1 Å². The normalized spacial score (nSPS) is 17.0. The molecule has 1 aromatic heterocycles. The molecule has 5 rings (SSSR count). The van der Waals surface area contributed by atoms with Gasteiger partial charge in [-0.15, -0.1) is 0 Å². The molecule has 1 aliphatic rings. The molecule has 1 aliphatic heterocycles. The van der Waals surface area contributed by atoms with E-state index in [1.54, 1.807) is 25.1 Å². The fourth-order valence-electron chi connectivity index (χ4n) is 6.94. The first kappa shape index (κ1) is 48.2. The third-order valence-electron chi connectivity index (χ3n) is 10.6. The number of carboxylic acid groups (broad SMARTS) is 1. The predicted octanol–water partition coefficient (Wildman–Crippen LogP) is 1.69. The number of likely N-dealkylation sites (N-methyl/N-ethyl adjacent to an activating group) is 1. The summed E-state index contributed by atoms with van der Waals surface area (Å²) < 4.78 is 11.9. The number of nitrogens with one attached hydrogen (secondary N) is 3. The van der Waals surface area contributed by atoms with Gasteiger partial charge in [-0.05, 0) is 73.2 Å². The topological polar surface area (TPSA) is 308 Å². The summed E-state index contributed by atoms with van der Waals surface area (Å²) in [6.45, 7) is 8.48. The van der Waals surface area contributed by atoms with E-state index >= 15 is 0 Å². The van der Waals surface area contributed by atoms with Crippen molar-refractivity contribution in [2.24, 2.45) is 11.5 Å². The van der Waals surface area contributed by atoms with E-state index in [1.165, 1.54) is 26.1 Å². The molecular formula is C45H57N9O10. The standard InChI is InChI=1S/C45H57N9O10/c1-23-36(39(48)53-40(50-23)26-9-11-28(12-10-26)45(3,4)5)42(59)49-21-35(56)54(6)37-27-18-31(38(57)34(19-27)64-22-29(55)20-47)30-16-25(8-13-33(30)63-15-7-14-46)17-32(44(61)62)52-41(58)24(2)51-43(37)60/h8-13,16,18-19,24,29,32,37,55,57H,7,14-15,17,20-22,46-47H2,1-6H3,(H,49,59)(H,51,60)(H,52,58)(H,61,62)(H2,48,50,53)/t24-,29-,32-,37-/m0/s1. The highest BCUT2D eigenvalue weighted by atomic mass is 16.5. The van der Waals surface area contributed by atoms with Gasteiger partial charge in [-0.25, -0.2) is 14.8 Å². The minimum Gasteiger partial charge on any atom is -0.504 e. The van der Waals surface area contributed by atoms with E-state index in [4.69, 9.17) is 26.7 Å². The number of nitrogen functional groups attached to an aromatic ring is 1. The number of aliphatic carboxylic acids is 1. The number of amides is 4. The van der Waals surface area contributed by atoms with Gasteiger partial charge < -0.3 is 62.8 Å². The first-order chi connectivity index (χ1) is 30.2. The minimum absolute atomic E-state index is 0.0480. The fraction of sp³-hybridized carbons (Fsp3) is 0.400. The highest BCUT2D eigenvalue weighted by Gasteiger charge is 2.35. The molecule has 4 atom stereocenters. The summed E-state index contributed by atoms with van der Waals surface area (Å²) in [5, 5.41) is 39.7. The third kappa shape index (κ3) is 11.4. The number of aliphatic hydroxyl groups is 1. The molecule has 3 aromatic carbocycles. The number of hydrogen-bond donors (Lipinski definition) is 9. The Bertz CT molecular complexity index is 2360. The Hall–Kier alpha value is -6.83. The van der Waals surface area contributed by atoms with Gasteiger partial charge in [-0.1, -0.05) is 51.1 Å². The number of aryl methyl sites for hydroxylation is 1. The number of anilines is 1. The Morgan fingerprint density at radius 3 is 2.30 bits per heavy atom. The quantitative estimate of drug-likeness (QED) is 0.0814. The zero-order valence-corrected chi connectivity index (χ0v) is 36.7. The average Bonchev–Trinajstić information content (AvgIpc) is 3.24. The van der Waals surface area contributed by atoms with Crippen molar-refractivity contribution >= 4 is 35.4 Å². The number of carbonyl (C=O) groups is 5. The minimum atomic E-state index is -1.58. The Morgan fingerprint density at radius 1 is 0.969 bits per heavy atom. The van der Waals surface area contributed by atoms with Crippen LogP contribution in [0.3, 0.4) is 0 Å². The number of phenols is 1. The summed E-state index contributed by atoms with van der Waals surface area (Å²) in [6.07, 6.45) is -0.879. The molecule has 0 fully saturated rings. The van der Waals surface area contributed by atoms with Crippen LogP contribution in [-0.4, -0.2) is 118 Å². The van der Waals surface area contributed by atoms with Gasteiger partial charge in [0, 0.05) is 36.7 Å². The van der Waals surface area contributed by atoms with Gasteiger partial charge in [-0.2, -0.15) is 0 Å². The number of carboxylic acids is 1. The number of carbonyl (C=O) groups excluding carboxylic acids is 4. The van der Waals surface area contributed by atoms with Crippen molar-refractivity contribution in [1.29, 1.82) is 0 Å². The molecule has 342 valence electrons. The van der Waals surface area contributed by atoms with Crippen LogP contribution in [0.1, 0.15) is 72.9 Å². The SMILES string of the molecule is Cc1nc(-c2ccc(C(C)(C)C)cc2)nc(N)c1C(=O)NCC(=O)N(C)[C@@H]1C(=O)N[C@@H](C)C(=O)N[C@H](C(=O)O)Cc2ccc(OCCCN)c(c2)-c2cc1cc(OC[C@@H](O)CN)c2O. The Kier molecular flexibility index (Phi) is 15.5. The summed E-state index contributed by atoms with van der Waals surface area (Å²) in [6, 6.07) is 10.8. The first-order valence-electron chi connectivity index (χ1n) is 20.7. The fourth-order valence-corrected chi connectivity index (χ4v) is 6.94. The molecule has 0 saturated carbocycles. The molecule has 2 heterocycles. The Balaban J connectivity index is 1.55. The van der Waals surface area contributed by atoms with E-state index in [9.17, 15) is 39.3 Å². The number of aromatic hydroxyl groups is 1. The Labute approximate surface area is 370 Å². The van der Waals surface area contributed by atoms with Crippen LogP contribution >= 0.6 is 0 Å². The highest BCUT2D eigenvalue weighted by molar-refractivity contribution is 6.01. The van der Waals surface area contributed by atoms with Crippen LogP contribution in [-0.2, 0) is 31.0 Å². The molecule has 0 unspecified atom stereocenters. The van der Waals surface area contributed by atoms with Crippen LogP contribution in [0.4, 0.5) is 5.82 Å². The predicted molar refractivity (Wildman–Crippen MR) is 237 cm³/mol. The molecular weight excluding hydrogens is 827 g/mol. The molecule has 0 spiro atoms. The van der Waals surface area contributed by atoms with Crippen LogP contribution in [0.15, 0.2) is 54.6 Å². The molecule has 19 nitrogen and oxygen atoms in total. The lowest BCUT2D eigenvalue weighted by Gasteiger charge is -2.30. The van der Waals surface area contributed by atoms with E-state index in [-0.39, 0.29) is 76.9 Å². The molecule has 12 N–H and O–H groups in total. The number of phenolic OH excluding ortho intramolecular Hbond substituents is 1. The number of aromatic nitrogens is 2. The maximum absolute atomic E-state index is 14.4. The van der Waals surface area contributed by atoms with Gasteiger partial charge in [0.15, 0.2) is 17.3 Å². The molecule has 4 amide bonds. The van der Waals surface area contributed by atoms with Crippen molar-refractivity contribution in [3.63, 3.8) is 0 Å². The van der Waals surface area contributed by atoms with Gasteiger partial charge in [0.1, 0.15) is 48.0 Å². The zero-order chi connectivity index (χ0) is 47.0.